The maximum atomic E-state index is 12.8. The van der Waals surface area contributed by atoms with Gasteiger partial charge in [0, 0.05) is 24.7 Å². The number of carbonyl (C=O) groups is 1. The fraction of sp³-hybridized carbons (Fsp3) is 0.375. The van der Waals surface area contributed by atoms with Crippen LogP contribution in [0.4, 0.5) is 4.39 Å². The van der Waals surface area contributed by atoms with Crippen LogP contribution in [-0.2, 0) is 4.79 Å². The Morgan fingerprint density at radius 1 is 1.45 bits per heavy atom. The number of benzene rings is 1. The van der Waals surface area contributed by atoms with E-state index >= 15 is 0 Å². The van der Waals surface area contributed by atoms with Crippen molar-refractivity contribution in [2.45, 2.75) is 19.3 Å². The van der Waals surface area contributed by atoms with Crippen molar-refractivity contribution in [1.82, 2.24) is 15.1 Å². The number of aromatic nitrogens is 2. The second kappa shape index (κ2) is 6.17. The molecule has 1 amide bonds. The van der Waals surface area contributed by atoms with Gasteiger partial charge in [0.15, 0.2) is 6.61 Å². The molecule has 1 fully saturated rings. The van der Waals surface area contributed by atoms with Gasteiger partial charge in [0.1, 0.15) is 11.6 Å². The topological polar surface area (TPSA) is 58.2 Å². The Bertz CT molecular complexity index is 654. The molecule has 0 unspecified atom stereocenters. The first-order valence-electron chi connectivity index (χ1n) is 7.29. The average molecular weight is 303 g/mol. The van der Waals surface area contributed by atoms with Gasteiger partial charge in [-0.1, -0.05) is 0 Å². The van der Waals surface area contributed by atoms with Crippen molar-refractivity contribution in [2.24, 2.45) is 0 Å². The molecule has 1 aliphatic heterocycles. The molecule has 2 aromatic rings. The first-order chi connectivity index (χ1) is 10.6. The molecule has 1 aliphatic rings. The van der Waals surface area contributed by atoms with E-state index < -0.39 is 0 Å². The van der Waals surface area contributed by atoms with Crippen molar-refractivity contribution in [3.63, 3.8) is 0 Å². The van der Waals surface area contributed by atoms with Crippen molar-refractivity contribution < 1.29 is 13.9 Å². The van der Waals surface area contributed by atoms with E-state index in [2.05, 4.69) is 10.2 Å². The number of amides is 1. The Labute approximate surface area is 128 Å². The summed E-state index contributed by atoms with van der Waals surface area (Å²) < 4.78 is 18.2. The van der Waals surface area contributed by atoms with Crippen LogP contribution in [-0.4, -0.2) is 40.7 Å². The Hall–Kier alpha value is -2.37. The molecule has 1 aromatic carbocycles. The van der Waals surface area contributed by atoms with Crippen molar-refractivity contribution in [3.8, 4) is 5.75 Å². The third-order valence-electron chi connectivity index (χ3n) is 3.99. The van der Waals surface area contributed by atoms with E-state index in [-0.39, 0.29) is 18.3 Å². The number of aromatic amines is 1. The van der Waals surface area contributed by atoms with Gasteiger partial charge in [-0.3, -0.25) is 9.89 Å². The third kappa shape index (κ3) is 3.10. The van der Waals surface area contributed by atoms with E-state index in [4.69, 9.17) is 4.74 Å². The largest absolute Gasteiger partial charge is 0.484 e. The summed E-state index contributed by atoms with van der Waals surface area (Å²) in [5, 5.41) is 7.05. The summed E-state index contributed by atoms with van der Waals surface area (Å²) >= 11 is 0. The number of likely N-dealkylation sites (tertiary alicyclic amines) is 1. The van der Waals surface area contributed by atoms with Crippen LogP contribution in [0.2, 0.25) is 0 Å². The highest BCUT2D eigenvalue weighted by atomic mass is 19.1. The number of aryl methyl sites for hydroxylation is 1. The number of nitrogens with zero attached hydrogens (tertiary/aromatic N) is 2. The molecular formula is C16H18FN3O2. The van der Waals surface area contributed by atoms with E-state index in [1.54, 1.807) is 11.1 Å². The lowest BCUT2D eigenvalue weighted by molar-refractivity contribution is -0.132. The van der Waals surface area contributed by atoms with Gasteiger partial charge in [-0.05, 0) is 43.2 Å². The average Bonchev–Trinajstić information content (AvgIpc) is 3.15. The van der Waals surface area contributed by atoms with Crippen LogP contribution < -0.4 is 4.74 Å². The number of nitrogens with one attached hydrogen (secondary N) is 1. The molecule has 0 spiro atoms. The van der Waals surface area contributed by atoms with Gasteiger partial charge in [0.05, 0.1) is 6.20 Å². The Balaban J connectivity index is 1.53. The van der Waals surface area contributed by atoms with E-state index in [9.17, 15) is 9.18 Å². The molecule has 0 saturated carbocycles. The second-order valence-corrected chi connectivity index (χ2v) is 5.53. The van der Waals surface area contributed by atoms with Gasteiger partial charge in [-0.2, -0.15) is 5.10 Å². The minimum atomic E-state index is -0.323. The van der Waals surface area contributed by atoms with Crippen molar-refractivity contribution in [3.05, 3.63) is 47.5 Å². The second-order valence-electron chi connectivity index (χ2n) is 5.53. The molecule has 0 aliphatic carbocycles. The van der Waals surface area contributed by atoms with Gasteiger partial charge >= 0.3 is 0 Å². The first kappa shape index (κ1) is 14.6. The van der Waals surface area contributed by atoms with Crippen LogP contribution in [0, 0.1) is 12.7 Å². The van der Waals surface area contributed by atoms with Gasteiger partial charge in [0.2, 0.25) is 0 Å². The SMILES string of the molecule is Cc1cn[nH]c1[C@H]1CCN(C(=O)COc2ccc(F)cc2)C1. The highest BCUT2D eigenvalue weighted by Crippen LogP contribution is 2.27. The predicted molar refractivity (Wildman–Crippen MR) is 79.2 cm³/mol. The summed E-state index contributed by atoms with van der Waals surface area (Å²) in [7, 11) is 0. The van der Waals surface area contributed by atoms with E-state index in [0.29, 0.717) is 18.2 Å². The highest BCUT2D eigenvalue weighted by molar-refractivity contribution is 5.78. The quantitative estimate of drug-likeness (QED) is 0.942. The van der Waals surface area contributed by atoms with Gasteiger partial charge in [-0.15, -0.1) is 0 Å². The standard InChI is InChI=1S/C16H18FN3O2/c1-11-8-18-19-16(11)12-6-7-20(9-12)15(21)10-22-14-4-2-13(17)3-5-14/h2-5,8,12H,6-7,9-10H2,1H3,(H,18,19)/t12-/m0/s1. The molecule has 2 heterocycles. The predicted octanol–water partition coefficient (Wildman–Crippen LogP) is 2.25. The fourth-order valence-corrected chi connectivity index (χ4v) is 2.76. The Morgan fingerprint density at radius 3 is 2.91 bits per heavy atom. The lowest BCUT2D eigenvalue weighted by atomic mass is 10.0. The minimum Gasteiger partial charge on any atom is -0.484 e. The normalized spacial score (nSPS) is 17.7. The molecule has 116 valence electrons. The number of H-pyrrole nitrogens is 1. The van der Waals surface area contributed by atoms with Crippen molar-refractivity contribution >= 4 is 5.91 Å². The number of carbonyl (C=O) groups excluding carboxylic acids is 1. The summed E-state index contributed by atoms with van der Waals surface area (Å²) in [6.07, 6.45) is 2.72. The smallest absolute Gasteiger partial charge is 0.260 e. The van der Waals surface area contributed by atoms with Crippen LogP contribution in [0.3, 0.4) is 0 Å². The number of halogens is 1. The lowest BCUT2D eigenvalue weighted by Gasteiger charge is -2.17. The third-order valence-corrected chi connectivity index (χ3v) is 3.99. The molecule has 1 atom stereocenters. The summed E-state index contributed by atoms with van der Waals surface area (Å²) in [6.45, 7) is 3.38. The summed E-state index contributed by atoms with van der Waals surface area (Å²) in [5.41, 5.74) is 2.23. The summed E-state index contributed by atoms with van der Waals surface area (Å²) in [5.74, 6) is 0.423. The number of hydrogen-bond acceptors (Lipinski definition) is 3. The molecular weight excluding hydrogens is 285 g/mol. The number of rotatable bonds is 4. The molecule has 22 heavy (non-hydrogen) atoms. The zero-order chi connectivity index (χ0) is 15.5. The van der Waals surface area contributed by atoms with Gasteiger partial charge < -0.3 is 9.64 Å². The molecule has 0 radical (unpaired) electrons. The zero-order valence-electron chi connectivity index (χ0n) is 12.4. The van der Waals surface area contributed by atoms with Crippen LogP contribution in [0.1, 0.15) is 23.6 Å². The fourth-order valence-electron chi connectivity index (χ4n) is 2.76. The van der Waals surface area contributed by atoms with Gasteiger partial charge in [-0.25, -0.2) is 4.39 Å². The van der Waals surface area contributed by atoms with E-state index in [1.165, 1.54) is 24.3 Å². The van der Waals surface area contributed by atoms with Gasteiger partial charge in [0.25, 0.3) is 5.91 Å². The molecule has 1 aromatic heterocycles. The molecule has 0 bridgehead atoms. The number of hydrogen-bond donors (Lipinski definition) is 1. The molecule has 3 rings (SSSR count). The zero-order valence-corrected chi connectivity index (χ0v) is 12.4. The highest BCUT2D eigenvalue weighted by Gasteiger charge is 2.29. The Morgan fingerprint density at radius 2 is 2.23 bits per heavy atom. The van der Waals surface area contributed by atoms with E-state index in [1.807, 2.05) is 6.92 Å². The van der Waals surface area contributed by atoms with Crippen LogP contribution in [0.25, 0.3) is 0 Å². The molecule has 6 heteroatoms. The summed E-state index contributed by atoms with van der Waals surface area (Å²) in [6, 6.07) is 5.66. The maximum Gasteiger partial charge on any atom is 0.260 e. The Kier molecular flexibility index (Phi) is 4.09. The van der Waals surface area contributed by atoms with Crippen molar-refractivity contribution in [1.29, 1.82) is 0 Å². The maximum absolute atomic E-state index is 12.8. The van der Waals surface area contributed by atoms with Crippen molar-refractivity contribution in [2.75, 3.05) is 19.7 Å². The van der Waals surface area contributed by atoms with E-state index in [0.717, 1.165) is 24.2 Å². The first-order valence-corrected chi connectivity index (χ1v) is 7.29. The molecule has 1 saturated heterocycles. The van der Waals surface area contributed by atoms with Crippen LogP contribution >= 0.6 is 0 Å². The lowest BCUT2D eigenvalue weighted by Crippen LogP contribution is -2.32. The van der Waals surface area contributed by atoms with Crippen LogP contribution in [0.15, 0.2) is 30.5 Å². The summed E-state index contributed by atoms with van der Waals surface area (Å²) in [4.78, 5) is 14.0. The molecule has 5 nitrogen and oxygen atoms in total. The molecule has 1 N–H and O–H groups in total. The monoisotopic (exact) mass is 303 g/mol. The number of ether oxygens (including phenoxy) is 1. The minimum absolute atomic E-state index is 0.0275. The van der Waals surface area contributed by atoms with Crippen LogP contribution in [0.5, 0.6) is 5.75 Å².